The maximum Gasteiger partial charge on any atom is 0.410 e. The van der Waals surface area contributed by atoms with Gasteiger partial charge in [-0.1, -0.05) is 46.9 Å². The molecule has 0 N–H and O–H groups in total. The van der Waals surface area contributed by atoms with Crippen molar-refractivity contribution in [2.45, 2.75) is 58.3 Å². The van der Waals surface area contributed by atoms with Crippen molar-refractivity contribution < 1.29 is 19.1 Å². The molecule has 7 nitrogen and oxygen atoms in total. The molecule has 1 atom stereocenters. The summed E-state index contributed by atoms with van der Waals surface area (Å²) < 4.78 is 11.9. The Kier molecular flexibility index (Phi) is 7.92. The van der Waals surface area contributed by atoms with Gasteiger partial charge in [0.2, 0.25) is 11.8 Å². The van der Waals surface area contributed by atoms with Gasteiger partial charge in [-0.3, -0.25) is 9.69 Å². The van der Waals surface area contributed by atoms with Crippen LogP contribution in [-0.2, 0) is 9.53 Å². The summed E-state index contributed by atoms with van der Waals surface area (Å²) in [5.41, 5.74) is 2.58. The van der Waals surface area contributed by atoms with Gasteiger partial charge in [-0.25, -0.2) is 9.78 Å². The second kappa shape index (κ2) is 11.0. The number of ether oxygens (including phenoxy) is 2. The smallest absolute Gasteiger partial charge is 0.410 e. The Balaban J connectivity index is 1.58. The number of halogens is 3. The van der Waals surface area contributed by atoms with Crippen molar-refractivity contribution >= 4 is 46.8 Å². The van der Waals surface area contributed by atoms with Crippen LogP contribution in [0.1, 0.15) is 52.6 Å². The van der Waals surface area contributed by atoms with Gasteiger partial charge in [0.1, 0.15) is 17.7 Å². The lowest BCUT2D eigenvalue weighted by Gasteiger charge is -2.45. The number of benzene rings is 2. The van der Waals surface area contributed by atoms with E-state index in [1.807, 2.05) is 55.1 Å². The molecule has 1 fully saturated rings. The van der Waals surface area contributed by atoms with E-state index in [2.05, 4.69) is 0 Å². The second-order valence-electron chi connectivity index (χ2n) is 12.0. The highest BCUT2D eigenvalue weighted by atomic mass is 35.5. The van der Waals surface area contributed by atoms with E-state index in [-0.39, 0.29) is 18.5 Å². The zero-order valence-electron chi connectivity index (χ0n) is 23.6. The maximum absolute atomic E-state index is 13.5. The van der Waals surface area contributed by atoms with E-state index in [1.165, 1.54) is 4.90 Å². The summed E-state index contributed by atoms with van der Waals surface area (Å²) in [5, 5.41) is 1.59. The number of rotatable bonds is 3. The SMILES string of the molecule is CC(C)(C)OC(=O)N1CCN(C2CC(C)(C)Oc3nc(-c4ccc(Cl)cc4Cl)c(-c4ccc(Cl)cc4)cc32)C(=O)C1. The summed E-state index contributed by atoms with van der Waals surface area (Å²) >= 11 is 19.1. The highest BCUT2D eigenvalue weighted by Crippen LogP contribution is 2.47. The van der Waals surface area contributed by atoms with E-state index >= 15 is 0 Å². The molecule has 2 aliphatic heterocycles. The lowest BCUT2D eigenvalue weighted by Crippen LogP contribution is -2.55. The van der Waals surface area contributed by atoms with Crippen LogP contribution in [0.25, 0.3) is 22.4 Å². The number of pyridine rings is 1. The van der Waals surface area contributed by atoms with Crippen LogP contribution in [0.3, 0.4) is 0 Å². The van der Waals surface area contributed by atoms with Gasteiger partial charge in [0, 0.05) is 46.2 Å². The maximum atomic E-state index is 13.5. The Morgan fingerprint density at radius 1 is 1.00 bits per heavy atom. The molecule has 5 rings (SSSR count). The Labute approximate surface area is 255 Å². The number of nitrogens with zero attached hydrogens (tertiary/aromatic N) is 3. The number of carbonyl (C=O) groups is 2. The van der Waals surface area contributed by atoms with Crippen molar-refractivity contribution in [1.29, 1.82) is 0 Å². The van der Waals surface area contributed by atoms with Crippen molar-refractivity contribution in [3.63, 3.8) is 0 Å². The Hall–Kier alpha value is -3.00. The molecular weight excluding hydrogens is 585 g/mol. The van der Waals surface area contributed by atoms with Crippen molar-refractivity contribution in [3.8, 4) is 28.3 Å². The molecule has 3 heterocycles. The van der Waals surface area contributed by atoms with Crippen LogP contribution in [0.15, 0.2) is 48.5 Å². The fourth-order valence-corrected chi connectivity index (χ4v) is 5.85. The third-order valence-corrected chi connectivity index (χ3v) is 7.86. The first-order valence-corrected chi connectivity index (χ1v) is 14.6. The van der Waals surface area contributed by atoms with Crippen LogP contribution < -0.4 is 4.74 Å². The molecule has 2 amide bonds. The molecule has 216 valence electrons. The third-order valence-electron chi connectivity index (χ3n) is 7.06. The summed E-state index contributed by atoms with van der Waals surface area (Å²) in [6.45, 7) is 10.0. The largest absolute Gasteiger partial charge is 0.471 e. The molecule has 1 aromatic heterocycles. The minimum atomic E-state index is -0.643. The van der Waals surface area contributed by atoms with Crippen LogP contribution in [0, 0.1) is 0 Å². The quantitative estimate of drug-likeness (QED) is 0.298. The van der Waals surface area contributed by atoms with E-state index in [0.29, 0.717) is 51.7 Å². The van der Waals surface area contributed by atoms with Crippen LogP contribution in [-0.4, -0.2) is 57.6 Å². The summed E-state index contributed by atoms with van der Waals surface area (Å²) in [7, 11) is 0. The van der Waals surface area contributed by atoms with E-state index in [1.54, 1.807) is 32.9 Å². The monoisotopic (exact) mass is 615 g/mol. The van der Waals surface area contributed by atoms with Crippen LogP contribution in [0.4, 0.5) is 4.79 Å². The van der Waals surface area contributed by atoms with Crippen molar-refractivity contribution in [3.05, 3.63) is 69.2 Å². The second-order valence-corrected chi connectivity index (χ2v) is 13.3. The normalized spacial score (nSPS) is 18.5. The van der Waals surface area contributed by atoms with Gasteiger partial charge in [-0.15, -0.1) is 0 Å². The molecule has 2 aromatic carbocycles. The first-order valence-electron chi connectivity index (χ1n) is 13.4. The number of fused-ring (bicyclic) bond motifs is 1. The molecule has 2 aliphatic rings. The first kappa shape index (κ1) is 29.5. The zero-order chi connectivity index (χ0) is 29.7. The molecule has 0 bridgehead atoms. The molecule has 0 spiro atoms. The number of hydrogen-bond donors (Lipinski definition) is 0. The minimum absolute atomic E-state index is 0.0576. The van der Waals surface area contributed by atoms with Gasteiger partial charge in [0.25, 0.3) is 0 Å². The van der Waals surface area contributed by atoms with Gasteiger partial charge in [-0.2, -0.15) is 0 Å². The predicted molar refractivity (Wildman–Crippen MR) is 162 cm³/mol. The first-order chi connectivity index (χ1) is 19.2. The van der Waals surface area contributed by atoms with Gasteiger partial charge in [-0.05, 0) is 76.6 Å². The van der Waals surface area contributed by atoms with E-state index in [4.69, 9.17) is 49.3 Å². The van der Waals surface area contributed by atoms with Crippen LogP contribution in [0.2, 0.25) is 15.1 Å². The molecule has 3 aromatic rings. The van der Waals surface area contributed by atoms with Gasteiger partial charge >= 0.3 is 6.09 Å². The van der Waals surface area contributed by atoms with E-state index < -0.39 is 17.3 Å². The van der Waals surface area contributed by atoms with Gasteiger partial charge in [0.15, 0.2) is 0 Å². The molecule has 1 unspecified atom stereocenters. The minimum Gasteiger partial charge on any atom is -0.471 e. The van der Waals surface area contributed by atoms with E-state index in [0.717, 1.165) is 16.7 Å². The molecule has 10 heteroatoms. The third kappa shape index (κ3) is 6.42. The van der Waals surface area contributed by atoms with Crippen LogP contribution >= 0.6 is 34.8 Å². The number of carbonyl (C=O) groups excluding carboxylic acids is 2. The number of piperazine rings is 1. The lowest BCUT2D eigenvalue weighted by molar-refractivity contribution is -0.140. The molecule has 0 aliphatic carbocycles. The highest BCUT2D eigenvalue weighted by Gasteiger charge is 2.42. The van der Waals surface area contributed by atoms with Crippen molar-refractivity contribution in [2.75, 3.05) is 19.6 Å². The highest BCUT2D eigenvalue weighted by molar-refractivity contribution is 6.36. The number of aromatic nitrogens is 1. The molecule has 41 heavy (non-hydrogen) atoms. The standard InChI is InChI=1S/C31H32Cl3N3O4/c1-30(2,3)41-29(39)36-12-13-37(26(38)17-36)25-16-31(4,5)40-28-23(25)15-22(18-6-8-19(32)9-7-18)27(35-28)21-11-10-20(33)14-24(21)34/h6-11,14-15,25H,12-13,16-17H2,1-5H3. The van der Waals surface area contributed by atoms with Crippen molar-refractivity contribution in [1.82, 2.24) is 14.8 Å². The number of hydrogen-bond acceptors (Lipinski definition) is 5. The summed E-state index contributed by atoms with van der Waals surface area (Å²) in [5.74, 6) is 0.279. The van der Waals surface area contributed by atoms with Crippen LogP contribution in [0.5, 0.6) is 5.88 Å². The fraction of sp³-hybridized carbons (Fsp3) is 0.387. The summed E-state index contributed by atoms with van der Waals surface area (Å²) in [6.07, 6.45) is 0.0652. The Morgan fingerprint density at radius 2 is 1.68 bits per heavy atom. The van der Waals surface area contributed by atoms with Gasteiger partial charge < -0.3 is 14.4 Å². The summed E-state index contributed by atoms with van der Waals surface area (Å²) in [4.78, 5) is 34.5. The Morgan fingerprint density at radius 3 is 2.32 bits per heavy atom. The molecule has 0 radical (unpaired) electrons. The Bertz CT molecular complexity index is 1500. The fourth-order valence-electron chi connectivity index (χ4n) is 5.22. The average molecular weight is 617 g/mol. The van der Waals surface area contributed by atoms with Crippen molar-refractivity contribution in [2.24, 2.45) is 0 Å². The zero-order valence-corrected chi connectivity index (χ0v) is 25.9. The average Bonchev–Trinajstić information content (AvgIpc) is 2.87. The molecule has 1 saturated heterocycles. The predicted octanol–water partition coefficient (Wildman–Crippen LogP) is 8.06. The van der Waals surface area contributed by atoms with E-state index in [9.17, 15) is 9.59 Å². The molecule has 0 saturated carbocycles. The number of amides is 2. The molecular formula is C31H32Cl3N3O4. The van der Waals surface area contributed by atoms with Gasteiger partial charge in [0.05, 0.1) is 16.8 Å². The topological polar surface area (TPSA) is 72.0 Å². The lowest BCUT2D eigenvalue weighted by atomic mass is 9.87. The summed E-state index contributed by atoms with van der Waals surface area (Å²) in [6, 6.07) is 14.5.